The molecular formula is C23H24BrFN6O. The van der Waals surface area contributed by atoms with E-state index in [4.69, 9.17) is 0 Å². The fourth-order valence-corrected chi connectivity index (χ4v) is 7.07. The average molecular weight is 499 g/mol. The van der Waals surface area contributed by atoms with E-state index in [1.165, 1.54) is 18.6 Å². The summed E-state index contributed by atoms with van der Waals surface area (Å²) in [4.78, 5) is 17.9. The topological polar surface area (TPSA) is 77.6 Å². The summed E-state index contributed by atoms with van der Waals surface area (Å²) in [5, 5.41) is 12.2. The lowest BCUT2D eigenvalue weighted by Crippen LogP contribution is -2.60. The van der Waals surface area contributed by atoms with Gasteiger partial charge in [-0.05, 0) is 84.0 Å². The quantitative estimate of drug-likeness (QED) is 0.566. The third-order valence-corrected chi connectivity index (χ3v) is 7.94. The van der Waals surface area contributed by atoms with Crippen LogP contribution in [0, 0.1) is 23.1 Å². The van der Waals surface area contributed by atoms with Crippen LogP contribution in [-0.4, -0.2) is 30.5 Å². The highest BCUT2D eigenvalue weighted by molar-refractivity contribution is 9.10. The van der Waals surface area contributed by atoms with E-state index in [2.05, 4.69) is 36.4 Å². The van der Waals surface area contributed by atoms with Gasteiger partial charge < -0.3 is 5.32 Å². The zero-order valence-corrected chi connectivity index (χ0v) is 19.1. The summed E-state index contributed by atoms with van der Waals surface area (Å²) in [6, 6.07) is 8.28. The van der Waals surface area contributed by atoms with Crippen molar-refractivity contribution in [2.45, 2.75) is 50.6 Å². The first-order chi connectivity index (χ1) is 15.4. The van der Waals surface area contributed by atoms with E-state index >= 15 is 0 Å². The van der Waals surface area contributed by atoms with Crippen molar-refractivity contribution in [2.24, 2.45) is 17.3 Å². The molecule has 2 atom stereocenters. The van der Waals surface area contributed by atoms with Crippen LogP contribution in [-0.2, 0) is 16.9 Å². The van der Waals surface area contributed by atoms with Crippen molar-refractivity contribution in [3.05, 3.63) is 59.0 Å². The van der Waals surface area contributed by atoms with Crippen molar-refractivity contribution < 1.29 is 9.18 Å². The van der Waals surface area contributed by atoms with Crippen molar-refractivity contribution >= 4 is 27.7 Å². The molecule has 2 aromatic heterocycles. The van der Waals surface area contributed by atoms with Crippen molar-refractivity contribution in [3.8, 4) is 0 Å². The van der Waals surface area contributed by atoms with Gasteiger partial charge in [-0.15, -0.1) is 5.10 Å². The lowest BCUT2D eigenvalue weighted by molar-refractivity contribution is -0.150. The van der Waals surface area contributed by atoms with E-state index in [-0.39, 0.29) is 17.3 Å². The molecule has 4 aliphatic rings. The van der Waals surface area contributed by atoms with Gasteiger partial charge in [0, 0.05) is 12.3 Å². The Balaban J connectivity index is 1.22. The number of amides is 1. The highest BCUT2D eigenvalue weighted by Crippen LogP contribution is 2.64. The van der Waals surface area contributed by atoms with Gasteiger partial charge in [0.25, 0.3) is 0 Å². The Morgan fingerprint density at radius 3 is 2.72 bits per heavy atom. The molecule has 0 aliphatic heterocycles. The number of nitrogens with one attached hydrogen (secondary N) is 1. The van der Waals surface area contributed by atoms with E-state index in [1.54, 1.807) is 17.1 Å². The molecule has 4 bridgehead atoms. The van der Waals surface area contributed by atoms with Gasteiger partial charge in [-0.3, -0.25) is 9.48 Å². The van der Waals surface area contributed by atoms with E-state index < -0.39 is 5.41 Å². The number of carbonyl (C=O) groups is 1. The summed E-state index contributed by atoms with van der Waals surface area (Å²) >= 11 is 3.37. The van der Waals surface area contributed by atoms with E-state index in [0.717, 1.165) is 37.7 Å². The molecule has 166 valence electrons. The van der Waals surface area contributed by atoms with Gasteiger partial charge in [0.15, 0.2) is 5.82 Å². The highest BCUT2D eigenvalue weighted by atomic mass is 79.9. The number of hydrogen-bond donors (Lipinski definition) is 1. The van der Waals surface area contributed by atoms with Crippen LogP contribution in [0.2, 0.25) is 0 Å². The summed E-state index contributed by atoms with van der Waals surface area (Å²) in [5.74, 6) is 1.41. The molecule has 2 unspecified atom stereocenters. The number of nitrogens with zero attached hydrogens (tertiary/aromatic N) is 5. The Hall–Kier alpha value is -2.55. The number of anilines is 1. The number of hydrogen-bond acceptors (Lipinski definition) is 4. The fraction of sp³-hybridized carbons (Fsp3) is 0.478. The SMILES string of the molecule is O=C(Nc1ccn(Cc2cccc(F)c2)n1)C12CC3CC(C1)CC(n1cnc(Br)n1)(C3)C2. The van der Waals surface area contributed by atoms with Gasteiger partial charge in [-0.2, -0.15) is 5.10 Å². The highest BCUT2D eigenvalue weighted by Gasteiger charge is 2.61. The molecule has 4 fully saturated rings. The summed E-state index contributed by atoms with van der Waals surface area (Å²) in [5.41, 5.74) is 0.305. The van der Waals surface area contributed by atoms with Crippen LogP contribution in [0.15, 0.2) is 47.6 Å². The first-order valence-corrected chi connectivity index (χ1v) is 11.9. The van der Waals surface area contributed by atoms with Crippen LogP contribution < -0.4 is 5.32 Å². The molecule has 1 N–H and O–H groups in total. The van der Waals surface area contributed by atoms with E-state index in [9.17, 15) is 9.18 Å². The molecule has 3 aromatic rings. The van der Waals surface area contributed by atoms with Gasteiger partial charge in [-0.25, -0.2) is 14.1 Å². The zero-order valence-electron chi connectivity index (χ0n) is 17.5. The van der Waals surface area contributed by atoms with Gasteiger partial charge in [0.05, 0.1) is 17.5 Å². The lowest BCUT2D eigenvalue weighted by Gasteiger charge is -2.60. The first-order valence-electron chi connectivity index (χ1n) is 11.1. The van der Waals surface area contributed by atoms with Gasteiger partial charge in [-0.1, -0.05) is 12.1 Å². The van der Waals surface area contributed by atoms with Crippen LogP contribution in [0.25, 0.3) is 0 Å². The number of carbonyl (C=O) groups excluding carboxylic acids is 1. The second-order valence-electron chi connectivity index (χ2n) is 9.91. The fourth-order valence-electron chi connectivity index (χ4n) is 6.81. The Bertz CT molecular complexity index is 1170. The monoisotopic (exact) mass is 498 g/mol. The summed E-state index contributed by atoms with van der Waals surface area (Å²) < 4.78 is 17.8. The van der Waals surface area contributed by atoms with Gasteiger partial charge in [0.2, 0.25) is 10.6 Å². The Morgan fingerprint density at radius 2 is 2.00 bits per heavy atom. The average Bonchev–Trinajstić information content (AvgIpc) is 3.36. The van der Waals surface area contributed by atoms with Crippen LogP contribution in [0.3, 0.4) is 0 Å². The number of aromatic nitrogens is 5. The molecule has 7 nitrogen and oxygen atoms in total. The molecule has 0 saturated heterocycles. The molecule has 2 heterocycles. The number of halogens is 2. The molecule has 0 spiro atoms. The normalized spacial score (nSPS) is 30.6. The summed E-state index contributed by atoms with van der Waals surface area (Å²) in [7, 11) is 0. The van der Waals surface area contributed by atoms with E-state index in [1.807, 2.05) is 23.0 Å². The standard InChI is InChI=1S/C23H24BrFN6O/c24-21-26-14-31(29-21)23-10-16-6-17(11-23)9-22(8-16,13-23)20(32)27-19-4-5-30(28-19)12-15-2-1-3-18(25)7-15/h1-5,7,14,16-17H,6,8-13H2,(H,27,28,32). The van der Waals surface area contributed by atoms with Crippen LogP contribution in [0.5, 0.6) is 0 Å². The van der Waals surface area contributed by atoms with Gasteiger partial charge >= 0.3 is 0 Å². The third-order valence-electron chi connectivity index (χ3n) is 7.58. The second kappa shape index (κ2) is 7.23. The Kier molecular flexibility index (Phi) is 4.54. The first kappa shape index (κ1) is 20.1. The molecule has 4 aliphatic carbocycles. The van der Waals surface area contributed by atoms with Crippen molar-refractivity contribution in [1.82, 2.24) is 24.5 Å². The molecular weight excluding hydrogens is 475 g/mol. The largest absolute Gasteiger partial charge is 0.309 e. The van der Waals surface area contributed by atoms with Crippen LogP contribution >= 0.6 is 15.9 Å². The maximum absolute atomic E-state index is 13.6. The van der Waals surface area contributed by atoms with Crippen molar-refractivity contribution in [3.63, 3.8) is 0 Å². The Labute approximate surface area is 193 Å². The predicted molar refractivity (Wildman–Crippen MR) is 119 cm³/mol. The maximum Gasteiger partial charge on any atom is 0.231 e. The summed E-state index contributed by atoms with van der Waals surface area (Å²) in [6.07, 6.45) is 9.60. The minimum Gasteiger partial charge on any atom is -0.309 e. The van der Waals surface area contributed by atoms with Gasteiger partial charge in [0.1, 0.15) is 12.1 Å². The van der Waals surface area contributed by atoms with E-state index in [0.29, 0.717) is 28.9 Å². The lowest BCUT2D eigenvalue weighted by atomic mass is 9.46. The van der Waals surface area contributed by atoms with Crippen LogP contribution in [0.1, 0.15) is 44.1 Å². The Morgan fingerprint density at radius 1 is 1.19 bits per heavy atom. The molecule has 4 saturated carbocycles. The molecule has 9 heteroatoms. The second-order valence-corrected chi connectivity index (χ2v) is 10.6. The minimum absolute atomic E-state index is 0.0613. The summed E-state index contributed by atoms with van der Waals surface area (Å²) in [6.45, 7) is 0.452. The predicted octanol–water partition coefficient (Wildman–Crippen LogP) is 4.36. The van der Waals surface area contributed by atoms with Crippen LogP contribution in [0.4, 0.5) is 10.2 Å². The number of benzene rings is 1. The molecule has 1 amide bonds. The van der Waals surface area contributed by atoms with Crippen molar-refractivity contribution in [2.75, 3.05) is 5.32 Å². The van der Waals surface area contributed by atoms with Crippen molar-refractivity contribution in [1.29, 1.82) is 0 Å². The number of rotatable bonds is 5. The third kappa shape index (κ3) is 3.37. The minimum atomic E-state index is -0.394. The molecule has 7 rings (SSSR count). The smallest absolute Gasteiger partial charge is 0.231 e. The zero-order chi connectivity index (χ0) is 21.9. The molecule has 32 heavy (non-hydrogen) atoms. The maximum atomic E-state index is 13.6. The molecule has 0 radical (unpaired) electrons. The molecule has 1 aromatic carbocycles.